The van der Waals surface area contributed by atoms with Crippen LogP contribution in [0.1, 0.15) is 18.8 Å². The van der Waals surface area contributed by atoms with Crippen LogP contribution in [-0.2, 0) is 16.1 Å². The SMILES string of the molecule is CCOC(=O)Cn1cc(C(N)[n+]2cccc(OCC(F)(F)F)c2)nn1.Cl.[Cl-]. The first-order valence-electron chi connectivity index (χ1n) is 7.30. The minimum Gasteiger partial charge on any atom is -1.00 e. The van der Waals surface area contributed by atoms with Crippen molar-refractivity contribution >= 4 is 18.4 Å². The minimum atomic E-state index is -4.43. The third-order valence-corrected chi connectivity index (χ3v) is 2.97. The van der Waals surface area contributed by atoms with Crippen LogP contribution in [0.4, 0.5) is 13.2 Å². The van der Waals surface area contributed by atoms with Gasteiger partial charge in [0.25, 0.3) is 6.17 Å². The monoisotopic (exact) mass is 431 g/mol. The number of hydrogen-bond acceptors (Lipinski definition) is 6. The second kappa shape index (κ2) is 10.9. The van der Waals surface area contributed by atoms with Crippen LogP contribution in [0, 0.1) is 0 Å². The molecule has 13 heteroatoms. The summed E-state index contributed by atoms with van der Waals surface area (Å²) < 4.78 is 48.8. The first-order valence-corrected chi connectivity index (χ1v) is 7.30. The number of rotatable bonds is 7. The molecule has 2 aromatic heterocycles. The highest BCUT2D eigenvalue weighted by molar-refractivity contribution is 5.85. The number of alkyl halides is 3. The number of carbonyl (C=O) groups is 1. The molecule has 27 heavy (non-hydrogen) atoms. The number of ether oxygens (including phenoxy) is 2. The van der Waals surface area contributed by atoms with Crippen LogP contribution < -0.4 is 27.4 Å². The molecule has 2 aromatic rings. The summed E-state index contributed by atoms with van der Waals surface area (Å²) in [5, 5.41) is 7.63. The third kappa shape index (κ3) is 7.97. The summed E-state index contributed by atoms with van der Waals surface area (Å²) in [7, 11) is 0. The molecule has 1 atom stereocenters. The Balaban J connectivity index is 0.00000338. The molecule has 0 spiro atoms. The van der Waals surface area contributed by atoms with Crippen molar-refractivity contribution in [3.63, 3.8) is 0 Å². The number of carbonyl (C=O) groups excluding carboxylic acids is 1. The molecule has 0 amide bonds. The van der Waals surface area contributed by atoms with E-state index in [9.17, 15) is 18.0 Å². The number of nitrogens with zero attached hydrogens (tertiary/aromatic N) is 4. The molecule has 2 rings (SSSR count). The summed E-state index contributed by atoms with van der Waals surface area (Å²) >= 11 is 0. The van der Waals surface area contributed by atoms with Crippen LogP contribution in [0.25, 0.3) is 0 Å². The molecule has 2 heterocycles. The predicted octanol–water partition coefficient (Wildman–Crippen LogP) is -2.00. The summed E-state index contributed by atoms with van der Waals surface area (Å²) in [5.41, 5.74) is 6.34. The zero-order valence-electron chi connectivity index (χ0n) is 14.1. The molecule has 0 aliphatic heterocycles. The van der Waals surface area contributed by atoms with Crippen molar-refractivity contribution in [2.75, 3.05) is 13.2 Å². The Hall–Kier alpha value is -2.11. The van der Waals surface area contributed by atoms with Crippen LogP contribution in [0.3, 0.4) is 0 Å². The average molecular weight is 432 g/mol. The molecule has 1 unspecified atom stereocenters. The number of esters is 1. The van der Waals surface area contributed by atoms with Crippen molar-refractivity contribution in [1.29, 1.82) is 0 Å². The topological polar surface area (TPSA) is 96.1 Å². The van der Waals surface area contributed by atoms with Gasteiger partial charge in [0.15, 0.2) is 24.2 Å². The van der Waals surface area contributed by atoms with Gasteiger partial charge in [0.2, 0.25) is 6.20 Å². The van der Waals surface area contributed by atoms with E-state index in [1.807, 2.05) is 0 Å². The highest BCUT2D eigenvalue weighted by Gasteiger charge is 2.29. The van der Waals surface area contributed by atoms with Crippen molar-refractivity contribution in [2.24, 2.45) is 5.73 Å². The minimum absolute atomic E-state index is 0. The molecule has 0 aromatic carbocycles. The standard InChI is InChI=1S/C14H17F3N5O3.2ClH/c1-2-24-12(23)8-22-7-11(19-20-22)13(18)21-5-3-4-10(6-21)25-9-14(15,16)17;;/h3-7,13H,2,8-9,18H2,1H3;2*1H/q+1;;/p-1. The molecule has 0 radical (unpaired) electrons. The van der Waals surface area contributed by atoms with Crippen LogP contribution in [0.5, 0.6) is 5.75 Å². The summed E-state index contributed by atoms with van der Waals surface area (Å²) in [6, 6.07) is 2.88. The van der Waals surface area contributed by atoms with Crippen LogP contribution >= 0.6 is 12.4 Å². The number of aromatic nitrogens is 4. The number of hydrogen-bond donors (Lipinski definition) is 1. The first kappa shape index (κ1) is 24.9. The van der Waals surface area contributed by atoms with Gasteiger partial charge in [-0.2, -0.15) is 17.7 Å². The molecular formula is C14H18Cl2F3N5O3. The smallest absolute Gasteiger partial charge is 0.422 e. The Labute approximate surface area is 165 Å². The first-order chi connectivity index (χ1) is 11.8. The van der Waals surface area contributed by atoms with Crippen LogP contribution in [0.15, 0.2) is 30.7 Å². The van der Waals surface area contributed by atoms with Crippen molar-refractivity contribution in [2.45, 2.75) is 25.8 Å². The Morgan fingerprint density at radius 1 is 1.44 bits per heavy atom. The van der Waals surface area contributed by atoms with Crippen molar-refractivity contribution in [3.8, 4) is 5.75 Å². The maximum Gasteiger partial charge on any atom is 0.422 e. The van der Waals surface area contributed by atoms with E-state index in [1.54, 1.807) is 13.1 Å². The molecule has 0 saturated carbocycles. The fourth-order valence-corrected chi connectivity index (χ4v) is 1.91. The number of nitrogens with two attached hydrogens (primary N) is 1. The molecule has 8 nitrogen and oxygen atoms in total. The molecule has 0 bridgehead atoms. The van der Waals surface area contributed by atoms with E-state index in [2.05, 4.69) is 15.0 Å². The highest BCUT2D eigenvalue weighted by Crippen LogP contribution is 2.17. The Bertz CT molecular complexity index is 730. The van der Waals surface area contributed by atoms with E-state index in [0.29, 0.717) is 5.69 Å². The van der Waals surface area contributed by atoms with Gasteiger partial charge in [-0.05, 0) is 13.0 Å². The van der Waals surface area contributed by atoms with Gasteiger partial charge in [0.1, 0.15) is 6.54 Å². The summed E-state index contributed by atoms with van der Waals surface area (Å²) in [4.78, 5) is 11.4. The predicted molar refractivity (Wildman–Crippen MR) is 84.4 cm³/mol. The zero-order chi connectivity index (χ0) is 18.4. The van der Waals surface area contributed by atoms with E-state index >= 15 is 0 Å². The van der Waals surface area contributed by atoms with E-state index in [0.717, 1.165) is 0 Å². The maximum absolute atomic E-state index is 12.2. The van der Waals surface area contributed by atoms with Gasteiger partial charge >= 0.3 is 12.1 Å². The summed E-state index contributed by atoms with van der Waals surface area (Å²) in [6.45, 7) is 0.417. The molecule has 152 valence electrons. The quantitative estimate of drug-likeness (QED) is 0.402. The van der Waals surface area contributed by atoms with Gasteiger partial charge in [0, 0.05) is 6.07 Å². The lowest BCUT2D eigenvalue weighted by Crippen LogP contribution is -3.00. The van der Waals surface area contributed by atoms with Crippen LogP contribution in [0.2, 0.25) is 0 Å². The van der Waals surface area contributed by atoms with Crippen molar-refractivity contribution in [3.05, 3.63) is 36.4 Å². The number of halogens is 5. The third-order valence-electron chi connectivity index (χ3n) is 2.97. The van der Waals surface area contributed by atoms with E-state index < -0.39 is 24.9 Å². The number of pyridine rings is 1. The lowest BCUT2D eigenvalue weighted by molar-refractivity contribution is -0.714. The highest BCUT2D eigenvalue weighted by atomic mass is 35.5. The van der Waals surface area contributed by atoms with Gasteiger partial charge in [-0.3, -0.25) is 10.5 Å². The Morgan fingerprint density at radius 3 is 2.78 bits per heavy atom. The van der Waals surface area contributed by atoms with Gasteiger partial charge in [0.05, 0.1) is 12.8 Å². The van der Waals surface area contributed by atoms with Gasteiger partial charge in [-0.15, -0.1) is 17.5 Å². The Kier molecular flexibility index (Phi) is 10.0. The molecule has 2 N–H and O–H groups in total. The summed E-state index contributed by atoms with van der Waals surface area (Å²) in [5.74, 6) is -0.461. The molecule has 0 saturated heterocycles. The lowest BCUT2D eigenvalue weighted by Gasteiger charge is -2.09. The van der Waals surface area contributed by atoms with Gasteiger partial charge in [-0.1, -0.05) is 5.21 Å². The van der Waals surface area contributed by atoms with Crippen LogP contribution in [-0.4, -0.2) is 40.4 Å². The van der Waals surface area contributed by atoms with E-state index in [4.69, 9.17) is 10.5 Å². The average Bonchev–Trinajstić information content (AvgIpc) is 3.00. The van der Waals surface area contributed by atoms with Gasteiger partial charge in [-0.25, -0.2) is 4.68 Å². The Morgan fingerprint density at radius 2 is 2.15 bits per heavy atom. The largest absolute Gasteiger partial charge is 1.00 e. The fraction of sp³-hybridized carbons (Fsp3) is 0.429. The van der Waals surface area contributed by atoms with Gasteiger partial charge < -0.3 is 21.9 Å². The van der Waals surface area contributed by atoms with Crippen molar-refractivity contribution < 1.29 is 44.4 Å². The second-order valence-corrected chi connectivity index (χ2v) is 4.98. The molecule has 0 aliphatic carbocycles. The second-order valence-electron chi connectivity index (χ2n) is 4.98. The zero-order valence-corrected chi connectivity index (χ0v) is 15.7. The summed E-state index contributed by atoms with van der Waals surface area (Å²) in [6.07, 6.45) is -0.919. The maximum atomic E-state index is 12.2. The fourth-order valence-electron chi connectivity index (χ4n) is 1.91. The molecular weight excluding hydrogens is 414 g/mol. The molecule has 0 fully saturated rings. The molecule has 0 aliphatic rings. The van der Waals surface area contributed by atoms with E-state index in [-0.39, 0.29) is 43.7 Å². The van der Waals surface area contributed by atoms with E-state index in [1.165, 1.54) is 33.8 Å². The lowest BCUT2D eigenvalue weighted by atomic mass is 10.3. The normalized spacial score (nSPS) is 11.7. The van der Waals surface area contributed by atoms with Crippen molar-refractivity contribution in [1.82, 2.24) is 15.0 Å².